The second-order valence-electron chi connectivity index (χ2n) is 6.49. The molecular formula is C16H25N3O. The van der Waals surface area contributed by atoms with Crippen LogP contribution in [-0.2, 0) is 4.79 Å². The molecule has 1 aromatic carbocycles. The number of amides is 1. The van der Waals surface area contributed by atoms with E-state index in [4.69, 9.17) is 5.73 Å². The Labute approximate surface area is 121 Å². The lowest BCUT2D eigenvalue weighted by molar-refractivity contribution is -0.121. The number of nitrogens with two attached hydrogens (primary N) is 1. The molecule has 1 aliphatic heterocycles. The molecule has 0 saturated carbocycles. The van der Waals surface area contributed by atoms with Gasteiger partial charge in [0.2, 0.25) is 5.91 Å². The number of nitrogen functional groups attached to an aromatic ring is 1. The average molecular weight is 275 g/mol. The minimum absolute atomic E-state index is 0.0373. The third-order valence-electron chi connectivity index (χ3n) is 4.23. The molecule has 0 aromatic heterocycles. The Morgan fingerprint density at radius 2 is 2.00 bits per heavy atom. The van der Waals surface area contributed by atoms with Crippen molar-refractivity contribution in [3.8, 4) is 0 Å². The van der Waals surface area contributed by atoms with E-state index >= 15 is 0 Å². The molecule has 110 valence electrons. The fourth-order valence-electron chi connectivity index (χ4n) is 2.55. The molecular weight excluding hydrogens is 250 g/mol. The highest BCUT2D eigenvalue weighted by Gasteiger charge is 2.30. The second-order valence-corrected chi connectivity index (χ2v) is 6.49. The molecule has 0 spiro atoms. The quantitative estimate of drug-likeness (QED) is 0.834. The molecule has 4 heteroatoms. The van der Waals surface area contributed by atoms with Crippen LogP contribution in [0.3, 0.4) is 0 Å². The highest BCUT2D eigenvalue weighted by molar-refractivity contribution is 5.94. The zero-order chi connectivity index (χ0) is 14.8. The van der Waals surface area contributed by atoms with Gasteiger partial charge in [0, 0.05) is 11.4 Å². The summed E-state index contributed by atoms with van der Waals surface area (Å²) in [5, 5.41) is 2.94. The van der Waals surface area contributed by atoms with Crippen molar-refractivity contribution in [2.24, 2.45) is 5.41 Å². The molecule has 2 rings (SSSR count). The maximum absolute atomic E-state index is 12.3. The number of anilines is 2. The Morgan fingerprint density at radius 3 is 2.60 bits per heavy atom. The van der Waals surface area contributed by atoms with Crippen molar-refractivity contribution in [2.45, 2.75) is 39.7 Å². The van der Waals surface area contributed by atoms with Gasteiger partial charge in [0.05, 0.1) is 6.04 Å². The van der Waals surface area contributed by atoms with E-state index in [0.29, 0.717) is 11.1 Å². The summed E-state index contributed by atoms with van der Waals surface area (Å²) >= 11 is 0. The van der Waals surface area contributed by atoms with Crippen molar-refractivity contribution in [3.63, 3.8) is 0 Å². The number of hydrogen-bond donors (Lipinski definition) is 2. The molecule has 1 amide bonds. The van der Waals surface area contributed by atoms with E-state index in [9.17, 15) is 4.79 Å². The van der Waals surface area contributed by atoms with Gasteiger partial charge in [0.1, 0.15) is 0 Å². The summed E-state index contributed by atoms with van der Waals surface area (Å²) in [6, 6.07) is 7.20. The van der Waals surface area contributed by atoms with Gasteiger partial charge in [-0.3, -0.25) is 9.69 Å². The van der Waals surface area contributed by atoms with Gasteiger partial charge < -0.3 is 11.1 Å². The van der Waals surface area contributed by atoms with E-state index in [2.05, 4.69) is 24.1 Å². The minimum atomic E-state index is -0.104. The first-order valence-corrected chi connectivity index (χ1v) is 7.28. The molecule has 3 N–H and O–H groups in total. The molecule has 1 saturated heterocycles. The van der Waals surface area contributed by atoms with E-state index in [1.807, 2.05) is 25.1 Å². The topological polar surface area (TPSA) is 58.4 Å². The van der Waals surface area contributed by atoms with Crippen LogP contribution >= 0.6 is 0 Å². The van der Waals surface area contributed by atoms with Gasteiger partial charge in [-0.05, 0) is 56.5 Å². The lowest BCUT2D eigenvalue weighted by atomic mass is 9.82. The van der Waals surface area contributed by atoms with Crippen molar-refractivity contribution in [2.75, 3.05) is 24.1 Å². The number of carbonyl (C=O) groups excluding carboxylic acids is 1. The Balaban J connectivity index is 1.92. The molecule has 1 atom stereocenters. The van der Waals surface area contributed by atoms with Crippen LogP contribution in [0, 0.1) is 5.41 Å². The monoisotopic (exact) mass is 275 g/mol. The number of hydrogen-bond acceptors (Lipinski definition) is 3. The van der Waals surface area contributed by atoms with Crippen molar-refractivity contribution >= 4 is 17.3 Å². The van der Waals surface area contributed by atoms with E-state index in [-0.39, 0.29) is 11.9 Å². The number of piperidine rings is 1. The highest BCUT2D eigenvalue weighted by atomic mass is 16.2. The Morgan fingerprint density at radius 1 is 1.35 bits per heavy atom. The van der Waals surface area contributed by atoms with E-state index in [1.165, 1.54) is 0 Å². The first-order chi connectivity index (χ1) is 9.37. The van der Waals surface area contributed by atoms with E-state index in [0.717, 1.165) is 31.6 Å². The lowest BCUT2D eigenvalue weighted by Gasteiger charge is -2.39. The van der Waals surface area contributed by atoms with Crippen LogP contribution in [0.1, 0.15) is 33.6 Å². The van der Waals surface area contributed by atoms with Crippen LogP contribution in [0.4, 0.5) is 11.4 Å². The van der Waals surface area contributed by atoms with Crippen LogP contribution in [0.2, 0.25) is 0 Å². The first-order valence-electron chi connectivity index (χ1n) is 7.28. The third kappa shape index (κ3) is 3.73. The minimum Gasteiger partial charge on any atom is -0.399 e. The molecule has 1 fully saturated rings. The van der Waals surface area contributed by atoms with Crippen LogP contribution in [0.25, 0.3) is 0 Å². The average Bonchev–Trinajstić information content (AvgIpc) is 2.38. The number of nitrogens with one attached hydrogen (secondary N) is 1. The Kier molecular flexibility index (Phi) is 4.33. The van der Waals surface area contributed by atoms with E-state index < -0.39 is 0 Å². The van der Waals surface area contributed by atoms with Crippen LogP contribution < -0.4 is 11.1 Å². The molecule has 0 aliphatic carbocycles. The zero-order valence-electron chi connectivity index (χ0n) is 12.6. The van der Waals surface area contributed by atoms with Gasteiger partial charge in [0.15, 0.2) is 0 Å². The Hall–Kier alpha value is -1.55. The van der Waals surface area contributed by atoms with Crippen LogP contribution in [0.15, 0.2) is 24.3 Å². The number of rotatable bonds is 3. The van der Waals surface area contributed by atoms with Gasteiger partial charge in [-0.25, -0.2) is 0 Å². The second kappa shape index (κ2) is 5.83. The zero-order valence-corrected chi connectivity index (χ0v) is 12.6. The number of carbonyl (C=O) groups is 1. The fourth-order valence-corrected chi connectivity index (χ4v) is 2.55. The Bertz CT molecular complexity index is 474. The number of likely N-dealkylation sites (tertiary alicyclic amines) is 1. The predicted octanol–water partition coefficient (Wildman–Crippen LogP) is 2.72. The first kappa shape index (κ1) is 14.9. The lowest BCUT2D eigenvalue weighted by Crippen LogP contribution is -2.47. The van der Waals surface area contributed by atoms with Crippen LogP contribution in [0.5, 0.6) is 0 Å². The SMILES string of the molecule is CC(C(=O)Nc1cccc(N)c1)N1CCC(C)(C)CC1. The summed E-state index contributed by atoms with van der Waals surface area (Å²) in [6.07, 6.45) is 2.28. The fraction of sp³-hybridized carbons (Fsp3) is 0.562. The van der Waals surface area contributed by atoms with Crippen molar-refractivity contribution in [3.05, 3.63) is 24.3 Å². The summed E-state index contributed by atoms with van der Waals surface area (Å²) in [5.74, 6) is 0.0373. The summed E-state index contributed by atoms with van der Waals surface area (Å²) in [4.78, 5) is 14.5. The molecule has 1 heterocycles. The van der Waals surface area contributed by atoms with Crippen molar-refractivity contribution in [1.29, 1.82) is 0 Å². The summed E-state index contributed by atoms with van der Waals surface area (Å²) in [6.45, 7) is 8.53. The molecule has 4 nitrogen and oxygen atoms in total. The van der Waals surface area contributed by atoms with Crippen LogP contribution in [-0.4, -0.2) is 29.9 Å². The van der Waals surface area contributed by atoms with Crippen molar-refractivity contribution < 1.29 is 4.79 Å². The summed E-state index contributed by atoms with van der Waals surface area (Å²) in [5.41, 5.74) is 7.55. The summed E-state index contributed by atoms with van der Waals surface area (Å²) < 4.78 is 0. The molecule has 1 unspecified atom stereocenters. The normalized spacial score (nSPS) is 20.4. The largest absolute Gasteiger partial charge is 0.399 e. The van der Waals surface area contributed by atoms with Gasteiger partial charge >= 0.3 is 0 Å². The number of benzene rings is 1. The summed E-state index contributed by atoms with van der Waals surface area (Å²) in [7, 11) is 0. The number of nitrogens with zero attached hydrogens (tertiary/aromatic N) is 1. The standard InChI is InChI=1S/C16H25N3O/c1-12(19-9-7-16(2,3)8-10-19)15(20)18-14-6-4-5-13(17)11-14/h4-6,11-12H,7-10,17H2,1-3H3,(H,18,20). The van der Waals surface area contributed by atoms with Crippen molar-refractivity contribution in [1.82, 2.24) is 4.90 Å². The predicted molar refractivity (Wildman–Crippen MR) is 83.5 cm³/mol. The molecule has 0 radical (unpaired) electrons. The van der Waals surface area contributed by atoms with Gasteiger partial charge in [-0.15, -0.1) is 0 Å². The smallest absolute Gasteiger partial charge is 0.241 e. The molecule has 1 aliphatic rings. The third-order valence-corrected chi connectivity index (χ3v) is 4.23. The highest BCUT2D eigenvalue weighted by Crippen LogP contribution is 2.30. The molecule has 1 aromatic rings. The maximum Gasteiger partial charge on any atom is 0.241 e. The van der Waals surface area contributed by atoms with Gasteiger partial charge in [0.25, 0.3) is 0 Å². The maximum atomic E-state index is 12.3. The molecule has 0 bridgehead atoms. The van der Waals surface area contributed by atoms with Gasteiger partial charge in [-0.2, -0.15) is 0 Å². The van der Waals surface area contributed by atoms with E-state index in [1.54, 1.807) is 6.07 Å². The molecule has 20 heavy (non-hydrogen) atoms. The van der Waals surface area contributed by atoms with Gasteiger partial charge in [-0.1, -0.05) is 19.9 Å².